The van der Waals surface area contributed by atoms with Crippen molar-refractivity contribution < 1.29 is 9.18 Å². The van der Waals surface area contributed by atoms with Crippen LogP contribution in [-0.4, -0.2) is 37.0 Å². The summed E-state index contributed by atoms with van der Waals surface area (Å²) in [6, 6.07) is 5.42. The van der Waals surface area contributed by atoms with Crippen molar-refractivity contribution >= 4 is 5.91 Å². The lowest BCUT2D eigenvalue weighted by Gasteiger charge is -2.22. The Hall–Kier alpha value is -1.68. The summed E-state index contributed by atoms with van der Waals surface area (Å²) in [5.74, 6) is -0.285. The SMILES string of the molecule is C=CC(=O)NCCN(CCCC)CCc1ccc(C)c(F)c1. The van der Waals surface area contributed by atoms with Crippen molar-refractivity contribution in [3.63, 3.8) is 0 Å². The van der Waals surface area contributed by atoms with Gasteiger partial charge in [-0.05, 0) is 49.6 Å². The van der Waals surface area contributed by atoms with Gasteiger partial charge in [0.15, 0.2) is 0 Å². The molecule has 0 aliphatic carbocycles. The second-order valence-corrected chi connectivity index (χ2v) is 5.52. The van der Waals surface area contributed by atoms with Gasteiger partial charge in [0, 0.05) is 19.6 Å². The molecule has 1 amide bonds. The first-order valence-electron chi connectivity index (χ1n) is 7.94. The van der Waals surface area contributed by atoms with Crippen LogP contribution >= 0.6 is 0 Å². The van der Waals surface area contributed by atoms with E-state index >= 15 is 0 Å². The molecule has 0 aromatic heterocycles. The fraction of sp³-hybridized carbons (Fsp3) is 0.500. The van der Waals surface area contributed by atoms with Crippen molar-refractivity contribution in [3.8, 4) is 0 Å². The number of hydrogen-bond donors (Lipinski definition) is 1. The summed E-state index contributed by atoms with van der Waals surface area (Å²) in [7, 11) is 0. The molecule has 0 saturated heterocycles. The number of nitrogens with zero attached hydrogens (tertiary/aromatic N) is 1. The minimum absolute atomic E-state index is 0.143. The third kappa shape index (κ3) is 6.85. The van der Waals surface area contributed by atoms with Crippen molar-refractivity contribution in [3.05, 3.63) is 47.8 Å². The van der Waals surface area contributed by atoms with Crippen LogP contribution in [0.2, 0.25) is 0 Å². The average molecular weight is 306 g/mol. The smallest absolute Gasteiger partial charge is 0.243 e. The predicted molar refractivity (Wildman–Crippen MR) is 89.4 cm³/mol. The Morgan fingerprint density at radius 2 is 2.14 bits per heavy atom. The van der Waals surface area contributed by atoms with Crippen LogP contribution in [0.4, 0.5) is 4.39 Å². The molecule has 1 N–H and O–H groups in total. The molecule has 22 heavy (non-hydrogen) atoms. The molecule has 122 valence electrons. The Labute approximate surface area is 133 Å². The highest BCUT2D eigenvalue weighted by molar-refractivity contribution is 5.86. The Morgan fingerprint density at radius 3 is 2.77 bits per heavy atom. The van der Waals surface area contributed by atoms with E-state index in [1.807, 2.05) is 12.1 Å². The minimum atomic E-state index is -0.143. The second kappa shape index (κ2) is 10.1. The second-order valence-electron chi connectivity index (χ2n) is 5.52. The quantitative estimate of drug-likeness (QED) is 0.674. The molecular weight excluding hydrogens is 279 g/mol. The van der Waals surface area contributed by atoms with Gasteiger partial charge < -0.3 is 10.2 Å². The fourth-order valence-corrected chi connectivity index (χ4v) is 2.21. The molecule has 0 bridgehead atoms. The van der Waals surface area contributed by atoms with Crippen molar-refractivity contribution in [2.45, 2.75) is 33.1 Å². The number of carbonyl (C=O) groups is 1. The first-order valence-corrected chi connectivity index (χ1v) is 7.94. The highest BCUT2D eigenvalue weighted by Crippen LogP contribution is 2.10. The van der Waals surface area contributed by atoms with Crippen LogP contribution in [-0.2, 0) is 11.2 Å². The summed E-state index contributed by atoms with van der Waals surface area (Å²) in [5, 5.41) is 2.80. The molecule has 0 heterocycles. The minimum Gasteiger partial charge on any atom is -0.351 e. The van der Waals surface area contributed by atoms with E-state index in [4.69, 9.17) is 0 Å². The molecule has 0 aliphatic rings. The molecule has 3 nitrogen and oxygen atoms in total. The van der Waals surface area contributed by atoms with Crippen molar-refractivity contribution in [2.75, 3.05) is 26.2 Å². The summed E-state index contributed by atoms with van der Waals surface area (Å²) in [6.45, 7) is 10.6. The highest BCUT2D eigenvalue weighted by atomic mass is 19.1. The topological polar surface area (TPSA) is 32.3 Å². The number of unbranched alkanes of at least 4 members (excludes halogenated alkanes) is 1. The molecule has 0 atom stereocenters. The molecule has 0 radical (unpaired) electrons. The van der Waals surface area contributed by atoms with Crippen molar-refractivity contribution in [2.24, 2.45) is 0 Å². The zero-order chi connectivity index (χ0) is 16.4. The van der Waals surface area contributed by atoms with E-state index in [0.29, 0.717) is 12.1 Å². The van der Waals surface area contributed by atoms with Crippen molar-refractivity contribution in [1.29, 1.82) is 0 Å². The number of rotatable bonds is 10. The van der Waals surface area contributed by atoms with Gasteiger partial charge in [0.25, 0.3) is 0 Å². The first-order chi connectivity index (χ1) is 10.6. The van der Waals surface area contributed by atoms with Gasteiger partial charge >= 0.3 is 0 Å². The van der Waals surface area contributed by atoms with E-state index in [0.717, 1.165) is 44.5 Å². The van der Waals surface area contributed by atoms with Crippen LogP contribution < -0.4 is 5.32 Å². The zero-order valence-corrected chi connectivity index (χ0v) is 13.7. The van der Waals surface area contributed by atoms with E-state index in [-0.39, 0.29) is 11.7 Å². The lowest BCUT2D eigenvalue weighted by atomic mass is 10.1. The van der Waals surface area contributed by atoms with Crippen LogP contribution in [0.1, 0.15) is 30.9 Å². The van der Waals surface area contributed by atoms with Gasteiger partial charge in [-0.3, -0.25) is 4.79 Å². The van der Waals surface area contributed by atoms with E-state index in [1.54, 1.807) is 13.0 Å². The maximum atomic E-state index is 13.6. The molecule has 0 saturated carbocycles. The Balaban J connectivity index is 2.47. The van der Waals surface area contributed by atoms with Crippen LogP contribution in [0.3, 0.4) is 0 Å². The molecule has 0 aliphatic heterocycles. The maximum Gasteiger partial charge on any atom is 0.243 e. The summed E-state index contributed by atoms with van der Waals surface area (Å²) in [5.41, 5.74) is 1.69. The predicted octanol–water partition coefficient (Wildman–Crippen LogP) is 3.08. The Morgan fingerprint density at radius 1 is 1.36 bits per heavy atom. The normalized spacial score (nSPS) is 10.7. The standard InChI is InChI=1S/C18H27FN2O/c1-4-6-11-21(13-10-20-18(22)5-2)12-9-16-8-7-15(3)17(19)14-16/h5,7-8,14H,2,4,6,9-13H2,1,3H3,(H,20,22). The van der Waals surface area contributed by atoms with Crippen LogP contribution in [0.25, 0.3) is 0 Å². The Bertz CT molecular complexity index is 488. The van der Waals surface area contributed by atoms with Crippen LogP contribution in [0.15, 0.2) is 30.9 Å². The maximum absolute atomic E-state index is 13.6. The largest absolute Gasteiger partial charge is 0.351 e. The molecule has 4 heteroatoms. The van der Waals surface area contributed by atoms with Gasteiger partial charge in [-0.15, -0.1) is 0 Å². The van der Waals surface area contributed by atoms with Gasteiger partial charge in [-0.25, -0.2) is 4.39 Å². The number of hydrogen-bond acceptors (Lipinski definition) is 2. The number of halogens is 1. The highest BCUT2D eigenvalue weighted by Gasteiger charge is 2.06. The lowest BCUT2D eigenvalue weighted by molar-refractivity contribution is -0.116. The van der Waals surface area contributed by atoms with Crippen LogP contribution in [0.5, 0.6) is 0 Å². The number of carbonyl (C=O) groups excluding carboxylic acids is 1. The number of amides is 1. The molecule has 1 aromatic carbocycles. The summed E-state index contributed by atoms with van der Waals surface area (Å²) in [4.78, 5) is 13.5. The zero-order valence-electron chi connectivity index (χ0n) is 13.7. The molecular formula is C18H27FN2O. The molecule has 1 aromatic rings. The average Bonchev–Trinajstić information content (AvgIpc) is 2.52. The van der Waals surface area contributed by atoms with Gasteiger partial charge in [0.05, 0.1) is 0 Å². The lowest BCUT2D eigenvalue weighted by Crippen LogP contribution is -2.36. The summed E-state index contributed by atoms with van der Waals surface area (Å²) >= 11 is 0. The summed E-state index contributed by atoms with van der Waals surface area (Å²) < 4.78 is 13.6. The third-order valence-electron chi connectivity index (χ3n) is 3.69. The summed E-state index contributed by atoms with van der Waals surface area (Å²) in [6.07, 6.45) is 4.36. The third-order valence-corrected chi connectivity index (χ3v) is 3.69. The van der Waals surface area contributed by atoms with Gasteiger partial charge in [-0.1, -0.05) is 32.1 Å². The van der Waals surface area contributed by atoms with E-state index in [1.165, 1.54) is 6.08 Å². The molecule has 1 rings (SSSR count). The van der Waals surface area contributed by atoms with Gasteiger partial charge in [0.2, 0.25) is 5.91 Å². The fourth-order valence-electron chi connectivity index (χ4n) is 2.21. The van der Waals surface area contributed by atoms with E-state index < -0.39 is 0 Å². The van der Waals surface area contributed by atoms with Crippen molar-refractivity contribution in [1.82, 2.24) is 10.2 Å². The van der Waals surface area contributed by atoms with Crippen LogP contribution in [0, 0.1) is 12.7 Å². The molecule has 0 unspecified atom stereocenters. The number of aryl methyl sites for hydroxylation is 1. The molecule has 0 spiro atoms. The van der Waals surface area contributed by atoms with Gasteiger partial charge in [0.1, 0.15) is 5.82 Å². The Kier molecular flexibility index (Phi) is 8.44. The molecule has 0 fully saturated rings. The van der Waals surface area contributed by atoms with E-state index in [9.17, 15) is 9.18 Å². The number of benzene rings is 1. The van der Waals surface area contributed by atoms with E-state index in [2.05, 4.69) is 23.7 Å². The number of nitrogens with one attached hydrogen (secondary N) is 1. The first kappa shape index (κ1) is 18.4. The van der Waals surface area contributed by atoms with Gasteiger partial charge in [-0.2, -0.15) is 0 Å². The monoisotopic (exact) mass is 306 g/mol.